The first-order valence-corrected chi connectivity index (χ1v) is 12.7. The fourth-order valence-corrected chi connectivity index (χ4v) is 5.46. The van der Waals surface area contributed by atoms with E-state index >= 15 is 0 Å². The molecule has 4 aromatic rings. The van der Waals surface area contributed by atoms with Crippen LogP contribution in [0.25, 0.3) is 10.6 Å². The van der Waals surface area contributed by atoms with Gasteiger partial charge in [0, 0.05) is 16.7 Å². The average Bonchev–Trinajstić information content (AvgIpc) is 3.42. The number of aromatic nitrogens is 4. The first-order valence-electron chi connectivity index (χ1n) is 10.8. The van der Waals surface area contributed by atoms with Crippen LogP contribution >= 0.6 is 23.1 Å². The summed E-state index contributed by atoms with van der Waals surface area (Å²) in [6.07, 6.45) is 0.983. The van der Waals surface area contributed by atoms with E-state index in [0.717, 1.165) is 40.4 Å². The second kappa shape index (κ2) is 10.4. The number of thioether (sulfide) groups is 1. The smallest absolute Gasteiger partial charge is 0.191 e. The van der Waals surface area contributed by atoms with E-state index in [-0.39, 0.29) is 6.04 Å². The van der Waals surface area contributed by atoms with Gasteiger partial charge in [0.05, 0.1) is 18.3 Å². The lowest BCUT2D eigenvalue weighted by Gasteiger charge is -2.23. The summed E-state index contributed by atoms with van der Waals surface area (Å²) in [5.41, 5.74) is 4.76. The SMILES string of the molecule is CC[C@@H](c1nnc(SCc2csc(-c3ccc(C)cc3)n2)n1Cc1ccccc1)N(C)C. The number of aryl methyl sites for hydroxylation is 1. The van der Waals surface area contributed by atoms with Crippen molar-refractivity contribution in [2.24, 2.45) is 0 Å². The van der Waals surface area contributed by atoms with Gasteiger partial charge < -0.3 is 4.57 Å². The lowest BCUT2D eigenvalue weighted by atomic mass is 10.2. The molecule has 7 heteroatoms. The van der Waals surface area contributed by atoms with Crippen molar-refractivity contribution in [3.05, 3.63) is 82.6 Å². The van der Waals surface area contributed by atoms with Crippen LogP contribution in [0.1, 0.15) is 42.0 Å². The molecule has 2 aromatic carbocycles. The van der Waals surface area contributed by atoms with Crippen LogP contribution in [-0.2, 0) is 12.3 Å². The van der Waals surface area contributed by atoms with Gasteiger partial charge in [0.25, 0.3) is 0 Å². The maximum absolute atomic E-state index is 4.86. The number of thiazole rings is 1. The quantitative estimate of drug-likeness (QED) is 0.282. The molecule has 2 heterocycles. The Hall–Kier alpha value is -2.48. The number of rotatable bonds is 9. The molecule has 1 atom stereocenters. The minimum Gasteiger partial charge on any atom is -0.300 e. The van der Waals surface area contributed by atoms with Gasteiger partial charge in [0.2, 0.25) is 0 Å². The van der Waals surface area contributed by atoms with E-state index in [1.807, 2.05) is 0 Å². The van der Waals surface area contributed by atoms with Crippen molar-refractivity contribution in [2.75, 3.05) is 14.1 Å². The molecule has 2 aromatic heterocycles. The van der Waals surface area contributed by atoms with Gasteiger partial charge in [-0.3, -0.25) is 4.90 Å². The highest BCUT2D eigenvalue weighted by molar-refractivity contribution is 7.98. The van der Waals surface area contributed by atoms with Crippen molar-refractivity contribution in [1.82, 2.24) is 24.6 Å². The Morgan fingerprint density at radius 3 is 2.47 bits per heavy atom. The molecule has 0 radical (unpaired) electrons. The van der Waals surface area contributed by atoms with E-state index in [1.165, 1.54) is 16.7 Å². The highest BCUT2D eigenvalue weighted by Gasteiger charge is 2.22. The van der Waals surface area contributed by atoms with Crippen LogP contribution < -0.4 is 0 Å². The van der Waals surface area contributed by atoms with Crippen molar-refractivity contribution in [3.8, 4) is 10.6 Å². The van der Waals surface area contributed by atoms with E-state index in [0.29, 0.717) is 0 Å². The summed E-state index contributed by atoms with van der Waals surface area (Å²) in [5.74, 6) is 1.79. The summed E-state index contributed by atoms with van der Waals surface area (Å²) in [6, 6.07) is 19.3. The monoisotopic (exact) mass is 463 g/mol. The molecule has 5 nitrogen and oxygen atoms in total. The Kier molecular flexibility index (Phi) is 7.40. The Morgan fingerprint density at radius 1 is 1.03 bits per heavy atom. The molecule has 0 aliphatic heterocycles. The first kappa shape index (κ1) is 22.7. The van der Waals surface area contributed by atoms with Crippen molar-refractivity contribution in [2.45, 2.75) is 43.8 Å². The Bertz CT molecular complexity index is 1130. The van der Waals surface area contributed by atoms with E-state index in [4.69, 9.17) is 4.98 Å². The third-order valence-corrected chi connectivity index (χ3v) is 7.38. The zero-order valence-corrected chi connectivity index (χ0v) is 20.7. The van der Waals surface area contributed by atoms with Crippen molar-refractivity contribution in [1.29, 1.82) is 0 Å². The van der Waals surface area contributed by atoms with E-state index in [2.05, 4.69) is 108 Å². The normalized spacial score (nSPS) is 12.4. The molecule has 0 aliphatic rings. The molecule has 0 saturated carbocycles. The lowest BCUT2D eigenvalue weighted by Crippen LogP contribution is -2.23. The predicted molar refractivity (Wildman–Crippen MR) is 134 cm³/mol. The standard InChI is InChI=1S/C25H29N5S2/c1-5-22(29(3)4)23-27-28-25(30(23)15-19-9-7-6-8-10-19)32-17-21-16-31-24(26-21)20-13-11-18(2)12-14-20/h6-14,16,22H,5,15,17H2,1-4H3/t22-/m0/s1. The van der Waals surface area contributed by atoms with Crippen molar-refractivity contribution < 1.29 is 0 Å². The van der Waals surface area contributed by atoms with Gasteiger partial charge in [-0.05, 0) is 33.0 Å². The molecule has 4 rings (SSSR count). The third-order valence-electron chi connectivity index (χ3n) is 5.44. The third kappa shape index (κ3) is 5.28. The van der Waals surface area contributed by atoms with Crippen molar-refractivity contribution in [3.63, 3.8) is 0 Å². The van der Waals surface area contributed by atoms with Crippen LogP contribution in [0.15, 0.2) is 65.1 Å². The van der Waals surface area contributed by atoms with Gasteiger partial charge in [0.15, 0.2) is 11.0 Å². The van der Waals surface area contributed by atoms with Crippen LogP contribution in [-0.4, -0.2) is 38.7 Å². The van der Waals surface area contributed by atoms with Crippen LogP contribution in [0.3, 0.4) is 0 Å². The number of benzene rings is 2. The second-order valence-corrected chi connectivity index (χ2v) is 9.90. The van der Waals surface area contributed by atoms with Gasteiger partial charge in [0.1, 0.15) is 5.01 Å². The van der Waals surface area contributed by atoms with Crippen LogP contribution in [0, 0.1) is 6.92 Å². The Labute approximate surface area is 198 Å². The molecule has 0 aliphatic carbocycles. The summed E-state index contributed by atoms with van der Waals surface area (Å²) >= 11 is 3.40. The number of hydrogen-bond donors (Lipinski definition) is 0. The van der Waals surface area contributed by atoms with Gasteiger partial charge in [-0.25, -0.2) is 4.98 Å². The van der Waals surface area contributed by atoms with E-state index in [9.17, 15) is 0 Å². The molecule has 0 unspecified atom stereocenters. The second-order valence-electron chi connectivity index (χ2n) is 8.10. The molecular formula is C25H29N5S2. The summed E-state index contributed by atoms with van der Waals surface area (Å²) in [7, 11) is 4.20. The zero-order valence-electron chi connectivity index (χ0n) is 19.0. The number of nitrogens with zero attached hydrogens (tertiary/aromatic N) is 5. The summed E-state index contributed by atoms with van der Waals surface area (Å²) in [4.78, 5) is 7.07. The first-order chi connectivity index (χ1) is 15.5. The largest absolute Gasteiger partial charge is 0.300 e. The minimum atomic E-state index is 0.230. The summed E-state index contributed by atoms with van der Waals surface area (Å²) in [5, 5.41) is 13.3. The molecule has 166 valence electrons. The van der Waals surface area contributed by atoms with Crippen molar-refractivity contribution >= 4 is 23.1 Å². The van der Waals surface area contributed by atoms with Gasteiger partial charge in [-0.15, -0.1) is 21.5 Å². The summed E-state index contributed by atoms with van der Waals surface area (Å²) in [6.45, 7) is 5.06. The molecule has 0 saturated heterocycles. The van der Waals surface area contributed by atoms with Gasteiger partial charge in [-0.2, -0.15) is 0 Å². The Morgan fingerprint density at radius 2 is 1.78 bits per heavy atom. The molecule has 0 N–H and O–H groups in total. The lowest BCUT2D eigenvalue weighted by molar-refractivity contribution is 0.272. The molecule has 32 heavy (non-hydrogen) atoms. The topological polar surface area (TPSA) is 46.8 Å². The molecule has 0 spiro atoms. The predicted octanol–water partition coefficient (Wildman–Crippen LogP) is 6.06. The number of hydrogen-bond acceptors (Lipinski definition) is 6. The molecule has 0 amide bonds. The van der Waals surface area contributed by atoms with Crippen LogP contribution in [0.4, 0.5) is 0 Å². The average molecular weight is 464 g/mol. The molecule has 0 fully saturated rings. The highest BCUT2D eigenvalue weighted by atomic mass is 32.2. The van der Waals surface area contributed by atoms with E-state index in [1.54, 1.807) is 23.1 Å². The van der Waals surface area contributed by atoms with Gasteiger partial charge >= 0.3 is 0 Å². The zero-order chi connectivity index (χ0) is 22.5. The fourth-order valence-electron chi connectivity index (χ4n) is 3.69. The highest BCUT2D eigenvalue weighted by Crippen LogP contribution is 2.30. The van der Waals surface area contributed by atoms with Crippen LogP contribution in [0.2, 0.25) is 0 Å². The fraction of sp³-hybridized carbons (Fsp3) is 0.320. The van der Waals surface area contributed by atoms with E-state index < -0.39 is 0 Å². The summed E-state index contributed by atoms with van der Waals surface area (Å²) < 4.78 is 2.27. The molecule has 0 bridgehead atoms. The molecular weight excluding hydrogens is 434 g/mol. The minimum absolute atomic E-state index is 0.230. The Balaban J connectivity index is 1.55. The van der Waals surface area contributed by atoms with Gasteiger partial charge in [-0.1, -0.05) is 78.8 Å². The maximum atomic E-state index is 4.86. The maximum Gasteiger partial charge on any atom is 0.191 e. The van der Waals surface area contributed by atoms with Crippen LogP contribution in [0.5, 0.6) is 0 Å².